The van der Waals surface area contributed by atoms with Gasteiger partial charge in [-0.05, 0) is 38.8 Å². The largest absolute Gasteiger partial charge is 0.497 e. The summed E-state index contributed by atoms with van der Waals surface area (Å²) in [7, 11) is -2.73. The van der Waals surface area contributed by atoms with E-state index in [0.29, 0.717) is 12.2 Å². The van der Waals surface area contributed by atoms with Gasteiger partial charge in [-0.2, -0.15) is 8.42 Å². The van der Waals surface area contributed by atoms with Gasteiger partial charge in [0.25, 0.3) is 10.1 Å². The van der Waals surface area contributed by atoms with Crippen molar-refractivity contribution in [2.45, 2.75) is 43.4 Å². The standard InChI is InChI=1S/C15H22ClNO4S/c1-5-17-13-8-10(21-4)6-7-11(13)12(9-15(17,2)3)14(16)22(18,19)20/h6-8,12,14H,5,9H2,1-4H3,(H,18,19,20). The molecule has 1 aromatic carbocycles. The average Bonchev–Trinajstić information content (AvgIpc) is 2.43. The fourth-order valence-corrected chi connectivity index (χ4v) is 4.20. The van der Waals surface area contributed by atoms with Crippen LogP contribution in [0.1, 0.15) is 38.7 Å². The minimum atomic E-state index is -4.32. The second-order valence-electron chi connectivity index (χ2n) is 6.16. The number of anilines is 1. The Hall–Kier alpha value is -0.980. The molecule has 2 atom stereocenters. The van der Waals surface area contributed by atoms with Crippen molar-refractivity contribution < 1.29 is 17.7 Å². The number of fused-ring (bicyclic) bond motifs is 1. The molecule has 0 spiro atoms. The Morgan fingerprint density at radius 3 is 2.64 bits per heavy atom. The molecular formula is C15H22ClNO4S. The maximum absolute atomic E-state index is 11.5. The third-order valence-corrected chi connectivity index (χ3v) is 6.17. The van der Waals surface area contributed by atoms with E-state index in [4.69, 9.17) is 16.3 Å². The number of hydrogen-bond donors (Lipinski definition) is 1. The molecular weight excluding hydrogens is 326 g/mol. The smallest absolute Gasteiger partial charge is 0.282 e. The number of ether oxygens (including phenoxy) is 1. The van der Waals surface area contributed by atoms with Gasteiger partial charge in [0.2, 0.25) is 0 Å². The molecule has 0 bridgehead atoms. The van der Waals surface area contributed by atoms with Crippen LogP contribution in [0.25, 0.3) is 0 Å². The Bertz CT molecular complexity index is 660. The number of methoxy groups -OCH3 is 1. The van der Waals surface area contributed by atoms with Crippen molar-refractivity contribution in [3.63, 3.8) is 0 Å². The molecule has 2 unspecified atom stereocenters. The fourth-order valence-electron chi connectivity index (χ4n) is 3.32. The summed E-state index contributed by atoms with van der Waals surface area (Å²) in [5.41, 5.74) is 1.44. The molecule has 0 aromatic heterocycles. The lowest BCUT2D eigenvalue weighted by Crippen LogP contribution is -2.50. The monoisotopic (exact) mass is 347 g/mol. The van der Waals surface area contributed by atoms with Gasteiger partial charge < -0.3 is 9.64 Å². The van der Waals surface area contributed by atoms with Crippen molar-refractivity contribution in [2.75, 3.05) is 18.6 Å². The van der Waals surface area contributed by atoms with Crippen molar-refractivity contribution >= 4 is 27.4 Å². The van der Waals surface area contributed by atoms with Gasteiger partial charge in [-0.15, -0.1) is 11.6 Å². The van der Waals surface area contributed by atoms with Crippen LogP contribution >= 0.6 is 11.6 Å². The molecule has 22 heavy (non-hydrogen) atoms. The van der Waals surface area contributed by atoms with Gasteiger partial charge in [-0.3, -0.25) is 4.55 Å². The SMILES string of the molecule is CCN1c2cc(OC)ccc2C(C(Cl)S(=O)(=O)O)CC1(C)C. The zero-order valence-electron chi connectivity index (χ0n) is 13.2. The number of rotatable bonds is 4. The molecule has 0 fully saturated rings. The maximum atomic E-state index is 11.5. The third kappa shape index (κ3) is 3.05. The Morgan fingerprint density at radius 2 is 2.14 bits per heavy atom. The summed E-state index contributed by atoms with van der Waals surface area (Å²) in [5.74, 6) is 0.224. The summed E-state index contributed by atoms with van der Waals surface area (Å²) in [6, 6.07) is 5.50. The molecule has 1 heterocycles. The van der Waals surface area contributed by atoms with E-state index in [1.807, 2.05) is 32.9 Å². The summed E-state index contributed by atoms with van der Waals surface area (Å²) in [4.78, 5) is 2.20. The van der Waals surface area contributed by atoms with E-state index in [0.717, 1.165) is 17.8 Å². The maximum Gasteiger partial charge on any atom is 0.282 e. The zero-order valence-corrected chi connectivity index (χ0v) is 14.8. The quantitative estimate of drug-likeness (QED) is 0.669. The molecule has 2 rings (SSSR count). The average molecular weight is 348 g/mol. The highest BCUT2D eigenvalue weighted by atomic mass is 35.5. The van der Waals surface area contributed by atoms with Crippen LogP contribution in [0.3, 0.4) is 0 Å². The van der Waals surface area contributed by atoms with Crippen LogP contribution in [0.5, 0.6) is 5.75 Å². The lowest BCUT2D eigenvalue weighted by molar-refractivity contribution is 0.367. The molecule has 7 heteroatoms. The summed E-state index contributed by atoms with van der Waals surface area (Å²) in [6.07, 6.45) is 0.536. The number of hydrogen-bond acceptors (Lipinski definition) is 4. The highest BCUT2D eigenvalue weighted by Gasteiger charge is 2.43. The minimum Gasteiger partial charge on any atom is -0.497 e. The van der Waals surface area contributed by atoms with Crippen LogP contribution in [-0.2, 0) is 10.1 Å². The summed E-state index contributed by atoms with van der Waals surface area (Å²) in [5, 5.41) is 0. The molecule has 0 amide bonds. The van der Waals surface area contributed by atoms with E-state index in [-0.39, 0.29) is 5.54 Å². The normalized spacial score (nSPS) is 22.1. The summed E-state index contributed by atoms with van der Waals surface area (Å²) >= 11 is 6.07. The molecule has 0 aliphatic carbocycles. The lowest BCUT2D eigenvalue weighted by Gasteiger charge is -2.48. The van der Waals surface area contributed by atoms with Gasteiger partial charge in [0, 0.05) is 29.8 Å². The first-order chi connectivity index (χ1) is 10.1. The van der Waals surface area contributed by atoms with Gasteiger partial charge in [0.15, 0.2) is 4.71 Å². The van der Waals surface area contributed by atoms with Crippen LogP contribution in [0, 0.1) is 0 Å². The first kappa shape index (κ1) is 17.4. The highest BCUT2D eigenvalue weighted by Crippen LogP contribution is 2.47. The molecule has 1 aromatic rings. The number of alkyl halides is 1. The second kappa shape index (κ2) is 5.91. The van der Waals surface area contributed by atoms with Crippen LogP contribution in [0.4, 0.5) is 5.69 Å². The summed E-state index contributed by atoms with van der Waals surface area (Å²) < 4.78 is 36.3. The van der Waals surface area contributed by atoms with Crippen molar-refractivity contribution in [1.29, 1.82) is 0 Å². The van der Waals surface area contributed by atoms with Crippen LogP contribution < -0.4 is 9.64 Å². The second-order valence-corrected chi connectivity index (χ2v) is 8.42. The van der Waals surface area contributed by atoms with Crippen molar-refractivity contribution in [1.82, 2.24) is 0 Å². The Morgan fingerprint density at radius 1 is 1.50 bits per heavy atom. The van der Waals surface area contributed by atoms with E-state index in [9.17, 15) is 13.0 Å². The van der Waals surface area contributed by atoms with Crippen LogP contribution in [0.2, 0.25) is 0 Å². The fraction of sp³-hybridized carbons (Fsp3) is 0.600. The van der Waals surface area contributed by atoms with E-state index in [1.165, 1.54) is 0 Å². The molecule has 124 valence electrons. The Kier molecular flexibility index (Phi) is 4.66. The molecule has 1 N–H and O–H groups in total. The Labute approximate surface area is 137 Å². The van der Waals surface area contributed by atoms with Gasteiger partial charge in [-0.25, -0.2) is 0 Å². The molecule has 1 aliphatic rings. The van der Waals surface area contributed by atoms with Crippen molar-refractivity contribution in [3.8, 4) is 5.75 Å². The number of benzene rings is 1. The van der Waals surface area contributed by atoms with E-state index in [1.54, 1.807) is 13.2 Å². The predicted molar refractivity (Wildman–Crippen MR) is 88.6 cm³/mol. The molecule has 0 saturated carbocycles. The van der Waals surface area contributed by atoms with Crippen LogP contribution in [0.15, 0.2) is 18.2 Å². The molecule has 0 saturated heterocycles. The highest BCUT2D eigenvalue weighted by molar-refractivity contribution is 7.87. The van der Waals surface area contributed by atoms with Gasteiger partial charge in [0.05, 0.1) is 7.11 Å². The van der Waals surface area contributed by atoms with Gasteiger partial charge in [0.1, 0.15) is 5.75 Å². The van der Waals surface area contributed by atoms with Gasteiger partial charge >= 0.3 is 0 Å². The lowest BCUT2D eigenvalue weighted by atomic mass is 9.80. The van der Waals surface area contributed by atoms with E-state index in [2.05, 4.69) is 4.90 Å². The van der Waals surface area contributed by atoms with Gasteiger partial charge in [-0.1, -0.05) is 6.07 Å². The van der Waals surface area contributed by atoms with E-state index < -0.39 is 20.7 Å². The zero-order chi connectivity index (χ0) is 16.7. The topological polar surface area (TPSA) is 66.8 Å². The molecule has 5 nitrogen and oxygen atoms in total. The molecule has 0 radical (unpaired) electrons. The predicted octanol–water partition coefficient (Wildman–Crippen LogP) is 3.24. The number of halogens is 1. The van der Waals surface area contributed by atoms with Crippen LogP contribution in [-0.4, -0.2) is 36.9 Å². The Balaban J connectivity index is 2.62. The molecule has 1 aliphatic heterocycles. The first-order valence-corrected chi connectivity index (χ1v) is 9.11. The first-order valence-electron chi connectivity index (χ1n) is 7.17. The number of nitrogens with zero attached hydrogens (tertiary/aromatic N) is 1. The summed E-state index contributed by atoms with van der Waals surface area (Å²) in [6.45, 7) is 6.91. The third-order valence-electron chi connectivity index (χ3n) is 4.30. The minimum absolute atomic E-state index is 0.281. The van der Waals surface area contributed by atoms with Crippen molar-refractivity contribution in [2.24, 2.45) is 0 Å². The van der Waals surface area contributed by atoms with E-state index >= 15 is 0 Å². The van der Waals surface area contributed by atoms with Crippen molar-refractivity contribution in [3.05, 3.63) is 23.8 Å².